The van der Waals surface area contributed by atoms with Crippen molar-refractivity contribution in [2.45, 2.75) is 25.8 Å². The third-order valence-corrected chi connectivity index (χ3v) is 3.77. The minimum atomic E-state index is -1.03. The SMILES string of the molecule is CC1C(=O)NC(=O)CN1C(=O)[C@@H]1CC=CC[C@@H]1C(=O)O. The van der Waals surface area contributed by atoms with E-state index in [0.29, 0.717) is 6.42 Å². The molecular formula is C13H16N2O5. The number of rotatable bonds is 2. The summed E-state index contributed by atoms with van der Waals surface area (Å²) in [5.41, 5.74) is 0. The fraction of sp³-hybridized carbons (Fsp3) is 0.538. The lowest BCUT2D eigenvalue weighted by molar-refractivity contribution is -0.156. The van der Waals surface area contributed by atoms with Gasteiger partial charge in [0.1, 0.15) is 12.6 Å². The van der Waals surface area contributed by atoms with Gasteiger partial charge in [-0.15, -0.1) is 0 Å². The predicted octanol–water partition coefficient (Wildman–Crippen LogP) is -0.473. The lowest BCUT2D eigenvalue weighted by Crippen LogP contribution is -2.60. The van der Waals surface area contributed by atoms with Gasteiger partial charge in [0.25, 0.3) is 0 Å². The van der Waals surface area contributed by atoms with Crippen LogP contribution in [0.4, 0.5) is 0 Å². The Morgan fingerprint density at radius 3 is 2.45 bits per heavy atom. The number of nitrogens with one attached hydrogen (secondary N) is 1. The molecule has 2 rings (SSSR count). The van der Waals surface area contributed by atoms with E-state index in [1.807, 2.05) is 0 Å². The van der Waals surface area contributed by atoms with Gasteiger partial charge >= 0.3 is 5.97 Å². The van der Waals surface area contributed by atoms with Crippen LogP contribution in [0.25, 0.3) is 0 Å². The molecule has 0 aromatic carbocycles. The standard InChI is InChI=1S/C13H16N2O5/c1-7-11(17)14-10(16)6-15(7)12(18)8-4-2-3-5-9(8)13(19)20/h2-3,7-9H,4-6H2,1H3,(H,19,20)(H,14,16,17)/t7?,8-,9+/m1/s1. The Morgan fingerprint density at radius 1 is 1.25 bits per heavy atom. The fourth-order valence-electron chi connectivity index (χ4n) is 2.56. The summed E-state index contributed by atoms with van der Waals surface area (Å²) in [6, 6.07) is -0.763. The van der Waals surface area contributed by atoms with E-state index in [4.69, 9.17) is 0 Å². The van der Waals surface area contributed by atoms with E-state index in [-0.39, 0.29) is 13.0 Å². The van der Waals surface area contributed by atoms with E-state index < -0.39 is 41.6 Å². The Bertz CT molecular complexity index is 495. The molecule has 0 aromatic rings. The maximum Gasteiger partial charge on any atom is 0.307 e. The van der Waals surface area contributed by atoms with Crippen molar-refractivity contribution in [1.29, 1.82) is 0 Å². The molecule has 1 saturated heterocycles. The Kier molecular flexibility index (Phi) is 3.87. The van der Waals surface area contributed by atoms with Crippen LogP contribution >= 0.6 is 0 Å². The molecule has 0 spiro atoms. The first kappa shape index (κ1) is 14.2. The van der Waals surface area contributed by atoms with Crippen LogP contribution in [0.3, 0.4) is 0 Å². The van der Waals surface area contributed by atoms with Gasteiger partial charge in [0.2, 0.25) is 17.7 Å². The van der Waals surface area contributed by atoms with Crippen LogP contribution in [0.15, 0.2) is 12.2 Å². The number of carbonyl (C=O) groups excluding carboxylic acids is 3. The molecule has 1 aliphatic carbocycles. The summed E-state index contributed by atoms with van der Waals surface area (Å²) in [4.78, 5) is 47.8. The van der Waals surface area contributed by atoms with Crippen molar-refractivity contribution >= 4 is 23.7 Å². The lowest BCUT2D eigenvalue weighted by atomic mass is 9.81. The summed E-state index contributed by atoms with van der Waals surface area (Å²) in [7, 11) is 0. The minimum Gasteiger partial charge on any atom is -0.481 e. The van der Waals surface area contributed by atoms with Crippen molar-refractivity contribution in [3.63, 3.8) is 0 Å². The van der Waals surface area contributed by atoms with Gasteiger partial charge in [0.15, 0.2) is 0 Å². The summed E-state index contributed by atoms with van der Waals surface area (Å²) >= 11 is 0. The highest BCUT2D eigenvalue weighted by Crippen LogP contribution is 2.28. The minimum absolute atomic E-state index is 0.210. The second-order valence-electron chi connectivity index (χ2n) is 5.05. The van der Waals surface area contributed by atoms with Crippen molar-refractivity contribution in [2.75, 3.05) is 6.54 Å². The molecule has 3 amide bonds. The van der Waals surface area contributed by atoms with Crippen LogP contribution in [0.1, 0.15) is 19.8 Å². The third-order valence-electron chi connectivity index (χ3n) is 3.77. The normalized spacial score (nSPS) is 30.1. The highest BCUT2D eigenvalue weighted by Gasteiger charge is 2.41. The maximum atomic E-state index is 12.5. The molecule has 0 aromatic heterocycles. The number of nitrogens with zero attached hydrogens (tertiary/aromatic N) is 1. The number of carboxylic acid groups (broad SMARTS) is 1. The molecule has 1 aliphatic heterocycles. The number of carbonyl (C=O) groups is 4. The number of amides is 3. The van der Waals surface area contributed by atoms with Crippen LogP contribution in [0.5, 0.6) is 0 Å². The summed E-state index contributed by atoms with van der Waals surface area (Å²) in [6.45, 7) is 1.31. The quantitative estimate of drug-likeness (QED) is 0.525. The Morgan fingerprint density at radius 2 is 1.85 bits per heavy atom. The molecule has 108 valence electrons. The first-order chi connectivity index (χ1) is 9.41. The second kappa shape index (κ2) is 5.44. The number of hydrogen-bond donors (Lipinski definition) is 2. The highest BCUT2D eigenvalue weighted by atomic mass is 16.4. The summed E-state index contributed by atoms with van der Waals surface area (Å²) < 4.78 is 0. The lowest BCUT2D eigenvalue weighted by Gasteiger charge is -2.36. The maximum absolute atomic E-state index is 12.5. The van der Waals surface area contributed by atoms with Gasteiger partial charge in [-0.25, -0.2) is 0 Å². The molecule has 0 radical (unpaired) electrons. The van der Waals surface area contributed by atoms with Gasteiger partial charge in [-0.05, 0) is 19.8 Å². The van der Waals surface area contributed by atoms with E-state index >= 15 is 0 Å². The van der Waals surface area contributed by atoms with Gasteiger partial charge in [-0.3, -0.25) is 24.5 Å². The summed E-state index contributed by atoms with van der Waals surface area (Å²) in [5.74, 6) is -4.09. The zero-order valence-corrected chi connectivity index (χ0v) is 11.0. The molecule has 2 N–H and O–H groups in total. The monoisotopic (exact) mass is 280 g/mol. The van der Waals surface area contributed by atoms with E-state index in [1.54, 1.807) is 12.2 Å². The van der Waals surface area contributed by atoms with E-state index in [2.05, 4.69) is 5.32 Å². The predicted molar refractivity (Wildman–Crippen MR) is 67.3 cm³/mol. The largest absolute Gasteiger partial charge is 0.481 e. The number of allylic oxidation sites excluding steroid dienone is 2. The summed E-state index contributed by atoms with van der Waals surface area (Å²) in [6.07, 6.45) is 4.10. The van der Waals surface area contributed by atoms with E-state index in [0.717, 1.165) is 0 Å². The van der Waals surface area contributed by atoms with Gasteiger partial charge < -0.3 is 10.0 Å². The van der Waals surface area contributed by atoms with Gasteiger partial charge in [-0.2, -0.15) is 0 Å². The number of imide groups is 1. The number of hydrogen-bond acceptors (Lipinski definition) is 4. The van der Waals surface area contributed by atoms with E-state index in [9.17, 15) is 24.3 Å². The Hall–Kier alpha value is -2.18. The van der Waals surface area contributed by atoms with Crippen molar-refractivity contribution in [1.82, 2.24) is 10.2 Å². The van der Waals surface area contributed by atoms with Crippen LogP contribution in [0.2, 0.25) is 0 Å². The topological polar surface area (TPSA) is 104 Å². The fourth-order valence-corrected chi connectivity index (χ4v) is 2.56. The molecule has 0 saturated carbocycles. The van der Waals surface area contributed by atoms with Crippen LogP contribution in [0, 0.1) is 11.8 Å². The van der Waals surface area contributed by atoms with Crippen molar-refractivity contribution in [2.24, 2.45) is 11.8 Å². The van der Waals surface area contributed by atoms with E-state index in [1.165, 1.54) is 11.8 Å². The smallest absolute Gasteiger partial charge is 0.307 e. The van der Waals surface area contributed by atoms with Crippen LogP contribution in [-0.2, 0) is 19.2 Å². The first-order valence-corrected chi connectivity index (χ1v) is 6.43. The third kappa shape index (κ3) is 2.56. The number of aliphatic carboxylic acids is 1. The molecule has 2 aliphatic rings. The van der Waals surface area contributed by atoms with Crippen LogP contribution < -0.4 is 5.32 Å². The van der Waals surface area contributed by atoms with Crippen LogP contribution in [-0.4, -0.2) is 46.3 Å². The highest BCUT2D eigenvalue weighted by molar-refractivity contribution is 6.04. The second-order valence-corrected chi connectivity index (χ2v) is 5.05. The Labute approximate surface area is 115 Å². The first-order valence-electron chi connectivity index (χ1n) is 6.43. The molecule has 20 heavy (non-hydrogen) atoms. The molecular weight excluding hydrogens is 264 g/mol. The van der Waals surface area contributed by atoms with Gasteiger partial charge in [0.05, 0.1) is 11.8 Å². The molecule has 1 fully saturated rings. The van der Waals surface area contributed by atoms with Crippen molar-refractivity contribution in [3.8, 4) is 0 Å². The number of piperazine rings is 1. The van der Waals surface area contributed by atoms with Gasteiger partial charge in [-0.1, -0.05) is 12.2 Å². The molecule has 1 heterocycles. The molecule has 1 unspecified atom stereocenters. The zero-order valence-electron chi connectivity index (χ0n) is 11.0. The Balaban J connectivity index is 2.20. The molecule has 0 bridgehead atoms. The molecule has 7 nitrogen and oxygen atoms in total. The van der Waals surface area contributed by atoms with Gasteiger partial charge in [0, 0.05) is 0 Å². The molecule has 7 heteroatoms. The summed E-state index contributed by atoms with van der Waals surface area (Å²) in [5, 5.41) is 11.3. The average molecular weight is 280 g/mol. The molecule has 3 atom stereocenters. The van der Waals surface area contributed by atoms with Crippen molar-refractivity contribution in [3.05, 3.63) is 12.2 Å². The number of carboxylic acids is 1. The average Bonchev–Trinajstić information content (AvgIpc) is 2.42. The van der Waals surface area contributed by atoms with Crippen molar-refractivity contribution < 1.29 is 24.3 Å². The zero-order chi connectivity index (χ0) is 14.9.